The number of halogens is 3. The van der Waals surface area contributed by atoms with Gasteiger partial charge in [-0.15, -0.1) is 0 Å². The van der Waals surface area contributed by atoms with Crippen molar-refractivity contribution in [2.45, 2.75) is 18.3 Å². The van der Waals surface area contributed by atoms with Crippen LogP contribution >= 0.6 is 27.5 Å². The fourth-order valence-corrected chi connectivity index (χ4v) is 2.69. The van der Waals surface area contributed by atoms with Crippen molar-refractivity contribution >= 4 is 27.5 Å². The Bertz CT molecular complexity index is 411. The summed E-state index contributed by atoms with van der Waals surface area (Å²) < 4.78 is 14.2. The van der Waals surface area contributed by atoms with Gasteiger partial charge in [-0.3, -0.25) is 0 Å². The molecule has 0 atom stereocenters. The summed E-state index contributed by atoms with van der Waals surface area (Å²) in [6.45, 7) is 0. The van der Waals surface area contributed by atoms with Gasteiger partial charge in [0.2, 0.25) is 0 Å². The maximum atomic E-state index is 13.6. The minimum absolute atomic E-state index is 0.340. The van der Waals surface area contributed by atoms with Crippen LogP contribution in [-0.4, -0.2) is 0 Å². The SMILES string of the molecule is N#CC1(c2c(F)cc(Cl)cc2Br)CC1. The van der Waals surface area contributed by atoms with E-state index in [1.165, 1.54) is 6.07 Å². The molecule has 0 bridgehead atoms. The summed E-state index contributed by atoms with van der Waals surface area (Å²) in [6.07, 6.45) is 1.45. The van der Waals surface area contributed by atoms with Crippen LogP contribution in [-0.2, 0) is 5.41 Å². The number of nitrogens with zero attached hydrogens (tertiary/aromatic N) is 1. The third-order valence-corrected chi connectivity index (χ3v) is 3.29. The van der Waals surface area contributed by atoms with Gasteiger partial charge in [0.05, 0.1) is 11.5 Å². The molecule has 0 saturated heterocycles. The number of hydrogen-bond acceptors (Lipinski definition) is 1. The Hall–Kier alpha value is -0.590. The highest BCUT2D eigenvalue weighted by Crippen LogP contribution is 2.51. The lowest BCUT2D eigenvalue weighted by atomic mass is 9.97. The minimum atomic E-state index is -0.618. The molecule has 1 saturated carbocycles. The van der Waals surface area contributed by atoms with Crippen molar-refractivity contribution in [2.24, 2.45) is 0 Å². The number of nitriles is 1. The second kappa shape index (κ2) is 3.22. The van der Waals surface area contributed by atoms with E-state index in [1.807, 2.05) is 0 Å². The first-order chi connectivity index (χ1) is 6.59. The molecule has 1 fully saturated rings. The zero-order chi connectivity index (χ0) is 10.3. The second-order valence-electron chi connectivity index (χ2n) is 3.44. The van der Waals surface area contributed by atoms with E-state index in [2.05, 4.69) is 22.0 Å². The smallest absolute Gasteiger partial charge is 0.130 e. The molecule has 0 heterocycles. The molecule has 1 aromatic rings. The number of benzene rings is 1. The summed E-state index contributed by atoms with van der Waals surface area (Å²) in [6, 6.07) is 5.03. The fraction of sp³-hybridized carbons (Fsp3) is 0.300. The van der Waals surface area contributed by atoms with Crippen molar-refractivity contribution in [2.75, 3.05) is 0 Å². The molecule has 0 radical (unpaired) electrons. The van der Waals surface area contributed by atoms with Crippen LogP contribution in [0.4, 0.5) is 4.39 Å². The highest BCUT2D eigenvalue weighted by molar-refractivity contribution is 9.10. The van der Waals surface area contributed by atoms with E-state index in [1.54, 1.807) is 6.07 Å². The topological polar surface area (TPSA) is 23.8 Å². The average Bonchev–Trinajstić information content (AvgIpc) is 2.83. The summed E-state index contributed by atoms with van der Waals surface area (Å²) in [4.78, 5) is 0. The third kappa shape index (κ3) is 1.43. The Labute approximate surface area is 94.6 Å². The summed E-state index contributed by atoms with van der Waals surface area (Å²) >= 11 is 8.92. The monoisotopic (exact) mass is 273 g/mol. The van der Waals surface area contributed by atoms with Gasteiger partial charge >= 0.3 is 0 Å². The Balaban J connectivity index is 2.60. The van der Waals surface area contributed by atoms with E-state index in [0.29, 0.717) is 15.1 Å². The quantitative estimate of drug-likeness (QED) is 0.764. The lowest BCUT2D eigenvalue weighted by Crippen LogP contribution is -2.07. The summed E-state index contributed by atoms with van der Waals surface area (Å²) in [5, 5.41) is 9.30. The zero-order valence-electron chi connectivity index (χ0n) is 7.15. The first kappa shape index (κ1) is 9.95. The standard InChI is InChI=1S/C10H6BrClFN/c11-7-3-6(12)4-8(13)9(7)10(5-14)1-2-10/h3-4H,1-2H2. The van der Waals surface area contributed by atoms with Gasteiger partial charge in [-0.25, -0.2) is 4.39 Å². The van der Waals surface area contributed by atoms with Crippen LogP contribution in [0.1, 0.15) is 18.4 Å². The molecule has 72 valence electrons. The first-order valence-corrected chi connectivity index (χ1v) is 5.32. The van der Waals surface area contributed by atoms with Gasteiger partial charge in [-0.1, -0.05) is 27.5 Å². The Morgan fingerprint density at radius 3 is 2.57 bits per heavy atom. The zero-order valence-corrected chi connectivity index (χ0v) is 9.49. The van der Waals surface area contributed by atoms with E-state index in [4.69, 9.17) is 16.9 Å². The maximum Gasteiger partial charge on any atom is 0.130 e. The molecule has 0 unspecified atom stereocenters. The summed E-state index contributed by atoms with van der Waals surface area (Å²) in [5.41, 5.74) is -0.169. The molecule has 0 N–H and O–H groups in total. The predicted octanol–water partition coefficient (Wildman–Crippen LogP) is 3.80. The van der Waals surface area contributed by atoms with Crippen molar-refractivity contribution < 1.29 is 4.39 Å². The van der Waals surface area contributed by atoms with Crippen molar-refractivity contribution in [3.05, 3.63) is 33.0 Å². The van der Waals surface area contributed by atoms with Crippen LogP contribution < -0.4 is 0 Å². The van der Waals surface area contributed by atoms with Gasteiger partial charge in [0.25, 0.3) is 0 Å². The lowest BCUT2D eigenvalue weighted by molar-refractivity contribution is 0.597. The van der Waals surface area contributed by atoms with E-state index < -0.39 is 11.2 Å². The number of hydrogen-bond donors (Lipinski definition) is 0. The van der Waals surface area contributed by atoms with Crippen LogP contribution in [0, 0.1) is 17.1 Å². The molecule has 0 aliphatic heterocycles. The molecule has 14 heavy (non-hydrogen) atoms. The minimum Gasteiger partial charge on any atom is -0.207 e. The fourth-order valence-electron chi connectivity index (χ4n) is 1.54. The van der Waals surface area contributed by atoms with Gasteiger partial charge in [0.1, 0.15) is 5.82 Å². The van der Waals surface area contributed by atoms with Gasteiger partial charge in [-0.05, 0) is 25.0 Å². The van der Waals surface area contributed by atoms with Crippen molar-refractivity contribution in [1.82, 2.24) is 0 Å². The predicted molar refractivity (Wildman–Crippen MR) is 55.6 cm³/mol. The maximum absolute atomic E-state index is 13.6. The average molecular weight is 275 g/mol. The molecule has 0 spiro atoms. The van der Waals surface area contributed by atoms with Gasteiger partial charge in [0.15, 0.2) is 0 Å². The van der Waals surface area contributed by atoms with Crippen LogP contribution in [0.2, 0.25) is 5.02 Å². The van der Waals surface area contributed by atoms with E-state index in [9.17, 15) is 4.39 Å². The molecule has 0 aromatic heterocycles. The molecule has 1 aromatic carbocycles. The van der Waals surface area contributed by atoms with E-state index in [0.717, 1.165) is 12.8 Å². The summed E-state index contributed by atoms with van der Waals surface area (Å²) in [5.74, 6) is -0.400. The normalized spacial score (nSPS) is 17.6. The Morgan fingerprint density at radius 1 is 1.50 bits per heavy atom. The molecule has 0 amide bonds. The molecule has 1 aliphatic rings. The van der Waals surface area contributed by atoms with Crippen LogP contribution in [0.5, 0.6) is 0 Å². The van der Waals surface area contributed by atoms with Crippen LogP contribution in [0.3, 0.4) is 0 Å². The van der Waals surface area contributed by atoms with Gasteiger partial charge in [-0.2, -0.15) is 5.26 Å². The number of rotatable bonds is 1. The molecule has 1 aliphatic carbocycles. The van der Waals surface area contributed by atoms with Gasteiger partial charge in [0, 0.05) is 15.1 Å². The first-order valence-electron chi connectivity index (χ1n) is 4.15. The van der Waals surface area contributed by atoms with Crippen LogP contribution in [0.15, 0.2) is 16.6 Å². The van der Waals surface area contributed by atoms with Crippen molar-refractivity contribution in [3.8, 4) is 6.07 Å². The second-order valence-corrected chi connectivity index (χ2v) is 4.73. The summed E-state index contributed by atoms with van der Waals surface area (Å²) in [7, 11) is 0. The highest BCUT2D eigenvalue weighted by Gasteiger charge is 2.48. The third-order valence-electron chi connectivity index (χ3n) is 2.45. The Kier molecular flexibility index (Phi) is 2.29. The molecular formula is C10H6BrClFN. The van der Waals surface area contributed by atoms with Gasteiger partial charge < -0.3 is 0 Å². The Morgan fingerprint density at radius 2 is 2.14 bits per heavy atom. The van der Waals surface area contributed by atoms with Crippen molar-refractivity contribution in [3.63, 3.8) is 0 Å². The molecular weight excluding hydrogens is 268 g/mol. The van der Waals surface area contributed by atoms with Crippen molar-refractivity contribution in [1.29, 1.82) is 5.26 Å². The van der Waals surface area contributed by atoms with E-state index >= 15 is 0 Å². The van der Waals surface area contributed by atoms with E-state index in [-0.39, 0.29) is 0 Å². The molecule has 1 nitrogen and oxygen atoms in total. The largest absolute Gasteiger partial charge is 0.207 e. The highest BCUT2D eigenvalue weighted by atomic mass is 79.9. The molecule has 4 heteroatoms. The lowest BCUT2D eigenvalue weighted by Gasteiger charge is -2.10. The molecule has 2 rings (SSSR count). The van der Waals surface area contributed by atoms with Crippen LogP contribution in [0.25, 0.3) is 0 Å².